The first kappa shape index (κ1) is 22.5. The monoisotopic (exact) mass is 366 g/mol. The molecule has 1 aromatic rings. The van der Waals surface area contributed by atoms with Gasteiger partial charge in [0.15, 0.2) is 6.29 Å². The van der Waals surface area contributed by atoms with Gasteiger partial charge in [-0.2, -0.15) is 0 Å². The summed E-state index contributed by atoms with van der Waals surface area (Å²) in [7, 11) is 0. The third-order valence-corrected chi connectivity index (χ3v) is 4.25. The van der Waals surface area contributed by atoms with Crippen molar-refractivity contribution < 1.29 is 23.7 Å². The Morgan fingerprint density at radius 1 is 0.923 bits per heavy atom. The predicted molar refractivity (Wildman–Crippen MR) is 103 cm³/mol. The number of benzene rings is 1. The summed E-state index contributed by atoms with van der Waals surface area (Å²) in [5.41, 5.74) is 3.62. The third kappa shape index (κ3) is 5.45. The number of carbonyl (C=O) groups is 1. The molecule has 5 nitrogen and oxygen atoms in total. The van der Waals surface area contributed by atoms with Crippen LogP contribution in [0.5, 0.6) is 11.5 Å². The normalized spacial score (nSPS) is 11.8. The van der Waals surface area contributed by atoms with E-state index >= 15 is 0 Å². The largest absolute Gasteiger partial charge is 0.488 e. The molecular formula is C21H34O5. The second kappa shape index (κ2) is 9.38. The van der Waals surface area contributed by atoms with Gasteiger partial charge in [-0.15, -0.1) is 0 Å². The number of ether oxygens (including phenoxy) is 4. The molecule has 1 rings (SSSR count). The van der Waals surface area contributed by atoms with Crippen molar-refractivity contribution in [1.29, 1.82) is 0 Å². The maximum absolute atomic E-state index is 11.6. The highest BCUT2D eigenvalue weighted by molar-refractivity contribution is 5.72. The number of esters is 1. The van der Waals surface area contributed by atoms with Gasteiger partial charge in [0.25, 0.3) is 0 Å². The van der Waals surface area contributed by atoms with E-state index in [1.165, 1.54) is 6.92 Å². The molecule has 0 spiro atoms. The van der Waals surface area contributed by atoms with Crippen LogP contribution in [0.1, 0.15) is 63.8 Å². The van der Waals surface area contributed by atoms with Crippen LogP contribution >= 0.6 is 0 Å². The second-order valence-electron chi connectivity index (χ2n) is 7.40. The van der Waals surface area contributed by atoms with Crippen LogP contribution in [-0.2, 0) is 19.7 Å². The molecule has 0 amide bonds. The fourth-order valence-corrected chi connectivity index (χ4v) is 3.15. The molecule has 0 radical (unpaired) electrons. The summed E-state index contributed by atoms with van der Waals surface area (Å²) in [6.07, 6.45) is -0.407. The van der Waals surface area contributed by atoms with E-state index in [9.17, 15) is 4.79 Å². The highest BCUT2D eigenvalue weighted by Gasteiger charge is 2.28. The van der Waals surface area contributed by atoms with Crippen LogP contribution in [0, 0.1) is 20.8 Å². The molecule has 0 N–H and O–H groups in total. The van der Waals surface area contributed by atoms with Crippen molar-refractivity contribution in [2.24, 2.45) is 0 Å². The molecule has 0 unspecified atom stereocenters. The third-order valence-electron chi connectivity index (χ3n) is 4.25. The Hall–Kier alpha value is -1.59. The zero-order valence-electron chi connectivity index (χ0n) is 17.7. The van der Waals surface area contributed by atoms with Crippen molar-refractivity contribution in [1.82, 2.24) is 0 Å². The van der Waals surface area contributed by atoms with Crippen LogP contribution in [0.3, 0.4) is 0 Å². The lowest BCUT2D eigenvalue weighted by molar-refractivity contribution is -0.152. The van der Waals surface area contributed by atoms with Gasteiger partial charge in [0.2, 0.25) is 0 Å². The van der Waals surface area contributed by atoms with Crippen LogP contribution in [-0.4, -0.2) is 32.1 Å². The minimum absolute atomic E-state index is 0.204. The van der Waals surface area contributed by atoms with Crippen molar-refractivity contribution in [2.75, 3.05) is 19.8 Å². The lowest BCUT2D eigenvalue weighted by atomic mass is 9.80. The van der Waals surface area contributed by atoms with Crippen molar-refractivity contribution in [2.45, 2.75) is 74.0 Å². The van der Waals surface area contributed by atoms with E-state index in [2.05, 4.69) is 20.8 Å². The summed E-state index contributed by atoms with van der Waals surface area (Å²) < 4.78 is 22.8. The maximum atomic E-state index is 11.6. The average Bonchev–Trinajstić information content (AvgIpc) is 2.51. The van der Waals surface area contributed by atoms with Gasteiger partial charge in [0.1, 0.15) is 18.1 Å². The Balaban J connectivity index is 3.37. The molecule has 0 heterocycles. The van der Waals surface area contributed by atoms with E-state index in [0.29, 0.717) is 25.6 Å². The number of hydrogen-bond donors (Lipinski definition) is 0. The van der Waals surface area contributed by atoms with Gasteiger partial charge in [0, 0.05) is 25.7 Å². The van der Waals surface area contributed by atoms with Gasteiger partial charge in [-0.3, -0.25) is 4.79 Å². The Morgan fingerprint density at radius 3 is 1.85 bits per heavy atom. The van der Waals surface area contributed by atoms with E-state index in [1.54, 1.807) is 0 Å². The first-order valence-electron chi connectivity index (χ1n) is 9.23. The van der Waals surface area contributed by atoms with E-state index in [4.69, 9.17) is 18.9 Å². The Bertz CT molecular complexity index is 623. The highest BCUT2D eigenvalue weighted by atomic mass is 16.7. The zero-order valence-corrected chi connectivity index (χ0v) is 17.7. The van der Waals surface area contributed by atoms with Crippen LogP contribution < -0.4 is 9.47 Å². The van der Waals surface area contributed by atoms with Crippen LogP contribution in [0.2, 0.25) is 0 Å². The molecule has 26 heavy (non-hydrogen) atoms. The van der Waals surface area contributed by atoms with Gasteiger partial charge in [0.05, 0.1) is 0 Å². The van der Waals surface area contributed by atoms with Crippen LogP contribution in [0.15, 0.2) is 0 Å². The molecule has 0 saturated heterocycles. The predicted octanol–water partition coefficient (Wildman–Crippen LogP) is 4.61. The van der Waals surface area contributed by atoms with Gasteiger partial charge in [-0.25, -0.2) is 0 Å². The summed E-state index contributed by atoms with van der Waals surface area (Å²) in [6, 6.07) is 0. The van der Waals surface area contributed by atoms with Gasteiger partial charge < -0.3 is 18.9 Å². The van der Waals surface area contributed by atoms with Crippen molar-refractivity contribution in [3.05, 3.63) is 22.3 Å². The first-order valence-corrected chi connectivity index (χ1v) is 9.23. The number of rotatable bonds is 8. The zero-order chi connectivity index (χ0) is 20.1. The number of carbonyl (C=O) groups excluding carboxylic acids is 1. The summed E-state index contributed by atoms with van der Waals surface area (Å²) in [6.45, 7) is 19.0. The maximum Gasteiger partial charge on any atom is 0.308 e. The molecule has 0 atom stereocenters. The van der Waals surface area contributed by atoms with Crippen molar-refractivity contribution in [3.8, 4) is 11.5 Å². The average molecular weight is 366 g/mol. The lowest BCUT2D eigenvalue weighted by Crippen LogP contribution is -2.26. The lowest BCUT2D eigenvalue weighted by Gasteiger charge is -2.29. The second-order valence-corrected chi connectivity index (χ2v) is 7.40. The first-order chi connectivity index (χ1) is 12.0. The van der Waals surface area contributed by atoms with Gasteiger partial charge in [-0.05, 0) is 56.7 Å². The fraction of sp³-hybridized carbons (Fsp3) is 0.667. The smallest absolute Gasteiger partial charge is 0.308 e. The standard InChI is InChI=1S/C21H34O5/c1-10-23-17(24-11-2)12-25-19-13(3)14(4)20(26-16(6)22)18(15(19)5)21(7,8)9/h17H,10-12H2,1-9H3. The Kier molecular flexibility index (Phi) is 8.10. The van der Waals surface area contributed by atoms with E-state index in [0.717, 1.165) is 28.0 Å². The molecule has 0 aliphatic carbocycles. The summed E-state index contributed by atoms with van der Waals surface area (Å²) in [5, 5.41) is 0. The van der Waals surface area contributed by atoms with Crippen LogP contribution in [0.4, 0.5) is 0 Å². The van der Waals surface area contributed by atoms with Gasteiger partial charge in [-0.1, -0.05) is 20.8 Å². The molecule has 5 heteroatoms. The fourth-order valence-electron chi connectivity index (χ4n) is 3.15. The van der Waals surface area contributed by atoms with Crippen LogP contribution in [0.25, 0.3) is 0 Å². The minimum atomic E-state index is -0.407. The Morgan fingerprint density at radius 2 is 1.42 bits per heavy atom. The molecule has 0 bridgehead atoms. The quantitative estimate of drug-likeness (QED) is 0.382. The molecule has 0 aromatic heterocycles. The summed E-state index contributed by atoms with van der Waals surface area (Å²) in [4.78, 5) is 11.6. The Labute approximate surface area is 158 Å². The van der Waals surface area contributed by atoms with E-state index in [1.807, 2.05) is 34.6 Å². The van der Waals surface area contributed by atoms with Crippen molar-refractivity contribution in [3.63, 3.8) is 0 Å². The summed E-state index contributed by atoms with van der Waals surface area (Å²) >= 11 is 0. The van der Waals surface area contributed by atoms with Gasteiger partial charge >= 0.3 is 5.97 Å². The molecule has 1 aromatic carbocycles. The van der Waals surface area contributed by atoms with E-state index < -0.39 is 6.29 Å². The molecule has 0 saturated carbocycles. The van der Waals surface area contributed by atoms with E-state index in [-0.39, 0.29) is 11.4 Å². The molecule has 148 valence electrons. The highest BCUT2D eigenvalue weighted by Crippen LogP contribution is 2.43. The SMILES string of the molecule is CCOC(COc1c(C)c(C)c(OC(C)=O)c(C(C)(C)C)c1C)OCC. The topological polar surface area (TPSA) is 54.0 Å². The molecule has 0 aliphatic heterocycles. The number of hydrogen-bond acceptors (Lipinski definition) is 5. The summed E-state index contributed by atoms with van der Waals surface area (Å²) in [5.74, 6) is 1.12. The molecule has 0 aliphatic rings. The molecular weight excluding hydrogens is 332 g/mol. The molecule has 0 fully saturated rings. The van der Waals surface area contributed by atoms with Crippen molar-refractivity contribution >= 4 is 5.97 Å². The minimum Gasteiger partial charge on any atom is -0.488 e.